The van der Waals surface area contributed by atoms with Gasteiger partial charge in [-0.05, 0) is 54.3 Å². The SMILES string of the molecule is CC[C@@H](C)c1ccc(NC(=O)CSc2nnc(-c3ccccn3)n2-c2ccccc2)cc1. The van der Waals surface area contributed by atoms with Gasteiger partial charge in [-0.15, -0.1) is 10.2 Å². The van der Waals surface area contributed by atoms with Crippen LogP contribution in [0, 0.1) is 0 Å². The van der Waals surface area contributed by atoms with Crippen LogP contribution in [-0.4, -0.2) is 31.4 Å². The maximum atomic E-state index is 12.6. The van der Waals surface area contributed by atoms with Crippen molar-refractivity contribution >= 4 is 23.4 Å². The van der Waals surface area contributed by atoms with Crippen molar-refractivity contribution in [2.24, 2.45) is 0 Å². The van der Waals surface area contributed by atoms with E-state index in [4.69, 9.17) is 0 Å². The van der Waals surface area contributed by atoms with Crippen molar-refractivity contribution in [2.45, 2.75) is 31.3 Å². The molecule has 0 aliphatic heterocycles. The highest BCUT2D eigenvalue weighted by atomic mass is 32.2. The predicted molar refractivity (Wildman–Crippen MR) is 129 cm³/mol. The van der Waals surface area contributed by atoms with Crippen LogP contribution in [0.2, 0.25) is 0 Å². The Balaban J connectivity index is 1.50. The third-order valence-electron chi connectivity index (χ3n) is 5.25. The lowest BCUT2D eigenvalue weighted by molar-refractivity contribution is -0.113. The third kappa shape index (κ3) is 5.06. The number of benzene rings is 2. The van der Waals surface area contributed by atoms with Crippen LogP contribution < -0.4 is 5.32 Å². The van der Waals surface area contributed by atoms with Crippen LogP contribution in [0.3, 0.4) is 0 Å². The van der Waals surface area contributed by atoms with Crippen molar-refractivity contribution in [2.75, 3.05) is 11.1 Å². The molecule has 1 N–H and O–H groups in total. The van der Waals surface area contributed by atoms with E-state index in [0.717, 1.165) is 23.5 Å². The normalized spacial score (nSPS) is 11.8. The summed E-state index contributed by atoms with van der Waals surface area (Å²) < 4.78 is 1.93. The summed E-state index contributed by atoms with van der Waals surface area (Å²) in [4.78, 5) is 17.0. The third-order valence-corrected chi connectivity index (χ3v) is 6.18. The van der Waals surface area contributed by atoms with E-state index in [1.807, 2.05) is 65.2 Å². The summed E-state index contributed by atoms with van der Waals surface area (Å²) in [7, 11) is 0. The Labute approximate surface area is 192 Å². The minimum Gasteiger partial charge on any atom is -0.325 e. The van der Waals surface area contributed by atoms with Crippen molar-refractivity contribution in [3.8, 4) is 17.2 Å². The first-order valence-electron chi connectivity index (χ1n) is 10.6. The Bertz CT molecular complexity index is 1160. The molecule has 0 aliphatic carbocycles. The van der Waals surface area contributed by atoms with Crippen LogP contribution in [0.25, 0.3) is 17.2 Å². The van der Waals surface area contributed by atoms with Gasteiger partial charge in [0.25, 0.3) is 0 Å². The van der Waals surface area contributed by atoms with Gasteiger partial charge in [0.05, 0.1) is 5.75 Å². The van der Waals surface area contributed by atoms with E-state index in [1.54, 1.807) is 6.20 Å². The van der Waals surface area contributed by atoms with Gasteiger partial charge < -0.3 is 5.32 Å². The zero-order valence-electron chi connectivity index (χ0n) is 18.1. The molecule has 6 nitrogen and oxygen atoms in total. The number of nitrogens with zero attached hydrogens (tertiary/aromatic N) is 4. The van der Waals surface area contributed by atoms with Crippen LogP contribution in [-0.2, 0) is 4.79 Å². The first-order chi connectivity index (χ1) is 15.7. The molecule has 2 heterocycles. The summed E-state index contributed by atoms with van der Waals surface area (Å²) in [5, 5.41) is 12.3. The van der Waals surface area contributed by atoms with E-state index < -0.39 is 0 Å². The highest BCUT2D eigenvalue weighted by Crippen LogP contribution is 2.27. The van der Waals surface area contributed by atoms with Crippen LogP contribution >= 0.6 is 11.8 Å². The van der Waals surface area contributed by atoms with Crippen LogP contribution in [0.5, 0.6) is 0 Å². The van der Waals surface area contributed by atoms with E-state index in [9.17, 15) is 4.79 Å². The molecule has 4 aromatic rings. The van der Waals surface area contributed by atoms with Crippen molar-refractivity contribution in [1.82, 2.24) is 19.7 Å². The monoisotopic (exact) mass is 443 g/mol. The van der Waals surface area contributed by atoms with Gasteiger partial charge in [-0.2, -0.15) is 0 Å². The summed E-state index contributed by atoms with van der Waals surface area (Å²) in [5.74, 6) is 1.28. The lowest BCUT2D eigenvalue weighted by Gasteiger charge is -2.11. The minimum atomic E-state index is -0.0895. The number of thioether (sulfide) groups is 1. The summed E-state index contributed by atoms with van der Waals surface area (Å²) in [6.45, 7) is 4.37. The zero-order chi connectivity index (χ0) is 22.3. The lowest BCUT2D eigenvalue weighted by atomic mass is 9.99. The quantitative estimate of drug-likeness (QED) is 0.360. The molecule has 0 bridgehead atoms. The Morgan fingerprint density at radius 3 is 2.44 bits per heavy atom. The van der Waals surface area contributed by atoms with Crippen LogP contribution in [0.4, 0.5) is 5.69 Å². The molecule has 7 heteroatoms. The number of pyridine rings is 1. The van der Waals surface area contributed by atoms with Gasteiger partial charge in [0.1, 0.15) is 5.69 Å². The molecule has 32 heavy (non-hydrogen) atoms. The van der Waals surface area contributed by atoms with Gasteiger partial charge in [0, 0.05) is 17.6 Å². The Kier molecular flexibility index (Phi) is 6.97. The second-order valence-corrected chi connectivity index (χ2v) is 8.40. The Hall–Kier alpha value is -3.45. The van der Waals surface area contributed by atoms with Crippen molar-refractivity contribution < 1.29 is 4.79 Å². The summed E-state index contributed by atoms with van der Waals surface area (Å²) in [6.07, 6.45) is 2.82. The first kappa shape index (κ1) is 21.8. The molecular formula is C25H25N5OS. The number of aromatic nitrogens is 4. The fourth-order valence-corrected chi connectivity index (χ4v) is 4.04. The van der Waals surface area contributed by atoms with Crippen LogP contribution in [0.15, 0.2) is 84.1 Å². The van der Waals surface area contributed by atoms with E-state index in [0.29, 0.717) is 16.9 Å². The number of rotatable bonds is 8. The number of hydrogen-bond donors (Lipinski definition) is 1. The number of para-hydroxylation sites is 1. The number of carbonyl (C=O) groups is 1. The Morgan fingerprint density at radius 1 is 1.00 bits per heavy atom. The average molecular weight is 444 g/mol. The van der Waals surface area contributed by atoms with Gasteiger partial charge in [-0.25, -0.2) is 0 Å². The first-order valence-corrected chi connectivity index (χ1v) is 11.6. The molecule has 162 valence electrons. The molecule has 2 aromatic carbocycles. The maximum absolute atomic E-state index is 12.6. The largest absolute Gasteiger partial charge is 0.325 e. The minimum absolute atomic E-state index is 0.0895. The Morgan fingerprint density at radius 2 is 1.75 bits per heavy atom. The van der Waals surface area contributed by atoms with Gasteiger partial charge >= 0.3 is 0 Å². The average Bonchev–Trinajstić information content (AvgIpc) is 3.28. The number of anilines is 1. The summed E-state index contributed by atoms with van der Waals surface area (Å²) >= 11 is 1.35. The zero-order valence-corrected chi connectivity index (χ0v) is 18.9. The molecule has 0 spiro atoms. The smallest absolute Gasteiger partial charge is 0.234 e. The van der Waals surface area contributed by atoms with Crippen molar-refractivity contribution in [3.05, 3.63) is 84.6 Å². The number of nitrogens with one attached hydrogen (secondary N) is 1. The van der Waals surface area contributed by atoms with Crippen molar-refractivity contribution in [1.29, 1.82) is 0 Å². The summed E-state index contributed by atoms with van der Waals surface area (Å²) in [5.41, 5.74) is 3.71. The van der Waals surface area contributed by atoms with E-state index in [1.165, 1.54) is 17.3 Å². The van der Waals surface area contributed by atoms with Gasteiger partial charge in [0.2, 0.25) is 5.91 Å². The molecule has 4 rings (SSSR count). The van der Waals surface area contributed by atoms with Crippen LogP contribution in [0.1, 0.15) is 31.7 Å². The van der Waals surface area contributed by atoms with Gasteiger partial charge in [-0.1, -0.05) is 62.0 Å². The van der Waals surface area contributed by atoms with Gasteiger partial charge in [0.15, 0.2) is 11.0 Å². The molecular weight excluding hydrogens is 418 g/mol. The van der Waals surface area contributed by atoms with E-state index in [2.05, 4.69) is 46.5 Å². The molecule has 2 aromatic heterocycles. The van der Waals surface area contributed by atoms with E-state index >= 15 is 0 Å². The number of carbonyl (C=O) groups excluding carboxylic acids is 1. The lowest BCUT2D eigenvalue weighted by Crippen LogP contribution is -2.14. The standard InChI is InChI=1S/C25H25N5OS/c1-3-18(2)19-12-14-20(15-13-19)27-23(31)17-32-25-29-28-24(22-11-7-8-16-26-22)30(25)21-9-5-4-6-10-21/h4-16,18H,3,17H2,1-2H3,(H,27,31)/t18-/m1/s1. The molecule has 0 radical (unpaired) electrons. The molecule has 1 amide bonds. The number of amides is 1. The molecule has 0 fully saturated rings. The fourth-order valence-electron chi connectivity index (χ4n) is 3.29. The molecule has 0 saturated heterocycles. The molecule has 1 atom stereocenters. The summed E-state index contributed by atoms with van der Waals surface area (Å²) in [6, 6.07) is 23.6. The second kappa shape index (κ2) is 10.2. The maximum Gasteiger partial charge on any atom is 0.234 e. The van der Waals surface area contributed by atoms with Gasteiger partial charge in [-0.3, -0.25) is 14.3 Å². The molecule has 0 unspecified atom stereocenters. The number of hydrogen-bond acceptors (Lipinski definition) is 5. The highest BCUT2D eigenvalue weighted by Gasteiger charge is 2.18. The molecule has 0 aliphatic rings. The highest BCUT2D eigenvalue weighted by molar-refractivity contribution is 7.99. The molecule has 0 saturated carbocycles. The fraction of sp³-hybridized carbons (Fsp3) is 0.200. The predicted octanol–water partition coefficient (Wildman–Crippen LogP) is 5.57. The van der Waals surface area contributed by atoms with E-state index in [-0.39, 0.29) is 11.7 Å². The van der Waals surface area contributed by atoms with Crippen molar-refractivity contribution in [3.63, 3.8) is 0 Å². The second-order valence-electron chi connectivity index (χ2n) is 7.46. The topological polar surface area (TPSA) is 72.7 Å².